The van der Waals surface area contributed by atoms with Crippen molar-refractivity contribution in [2.75, 3.05) is 39.8 Å². The molecule has 5 nitrogen and oxygen atoms in total. The Morgan fingerprint density at radius 1 is 1.33 bits per heavy atom. The molecular formula is C16H23N3O2. The minimum atomic E-state index is -0.00755. The lowest BCUT2D eigenvalue weighted by Gasteiger charge is -2.34. The highest BCUT2D eigenvalue weighted by Gasteiger charge is 2.21. The second-order valence-corrected chi connectivity index (χ2v) is 5.05. The molecule has 114 valence electrons. The van der Waals surface area contributed by atoms with Crippen molar-refractivity contribution in [3.05, 3.63) is 42.5 Å². The van der Waals surface area contributed by atoms with Gasteiger partial charge in [-0.15, -0.1) is 6.58 Å². The van der Waals surface area contributed by atoms with Crippen molar-refractivity contribution in [2.45, 2.75) is 6.54 Å². The van der Waals surface area contributed by atoms with Gasteiger partial charge in [0.25, 0.3) is 0 Å². The minimum absolute atomic E-state index is 0.00755. The zero-order valence-corrected chi connectivity index (χ0v) is 12.5. The highest BCUT2D eigenvalue weighted by molar-refractivity contribution is 5.74. The highest BCUT2D eigenvalue weighted by Crippen LogP contribution is 2.19. The number of hydrogen-bond donors (Lipinski definition) is 1. The lowest BCUT2D eigenvalue weighted by molar-refractivity contribution is 0.135. The second kappa shape index (κ2) is 7.69. The molecule has 2 rings (SSSR count). The lowest BCUT2D eigenvalue weighted by Crippen LogP contribution is -2.51. The van der Waals surface area contributed by atoms with Crippen LogP contribution >= 0.6 is 0 Å². The first-order valence-electron chi connectivity index (χ1n) is 7.22. The van der Waals surface area contributed by atoms with Crippen molar-refractivity contribution in [2.24, 2.45) is 0 Å². The Morgan fingerprint density at radius 2 is 2.05 bits per heavy atom. The summed E-state index contributed by atoms with van der Waals surface area (Å²) in [4.78, 5) is 16.0. The number of methoxy groups -OCH3 is 1. The largest absolute Gasteiger partial charge is 0.496 e. The van der Waals surface area contributed by atoms with Crippen LogP contribution in [0.3, 0.4) is 0 Å². The first-order chi connectivity index (χ1) is 10.2. The quantitative estimate of drug-likeness (QED) is 0.839. The molecular weight excluding hydrogens is 266 g/mol. The van der Waals surface area contributed by atoms with E-state index in [0.717, 1.165) is 38.5 Å². The molecule has 0 atom stereocenters. The Bertz CT molecular complexity index is 482. The third kappa shape index (κ3) is 4.23. The Morgan fingerprint density at radius 3 is 2.71 bits per heavy atom. The molecule has 2 amide bonds. The Hall–Kier alpha value is -2.01. The maximum absolute atomic E-state index is 11.9. The van der Waals surface area contributed by atoms with Crippen LogP contribution in [-0.4, -0.2) is 55.7 Å². The smallest absolute Gasteiger partial charge is 0.317 e. The number of hydrogen-bond acceptors (Lipinski definition) is 3. The summed E-state index contributed by atoms with van der Waals surface area (Å²) in [6, 6.07) is 8.06. The number of para-hydroxylation sites is 1. The zero-order valence-electron chi connectivity index (χ0n) is 12.5. The summed E-state index contributed by atoms with van der Waals surface area (Å²) in [7, 11) is 1.70. The van der Waals surface area contributed by atoms with Crippen molar-refractivity contribution in [1.82, 2.24) is 15.1 Å². The molecule has 0 saturated carbocycles. The first-order valence-corrected chi connectivity index (χ1v) is 7.22. The Balaban J connectivity index is 1.84. The normalized spacial score (nSPS) is 15.6. The van der Waals surface area contributed by atoms with Crippen LogP contribution in [0.15, 0.2) is 36.9 Å². The molecule has 0 radical (unpaired) electrons. The number of rotatable bonds is 5. The van der Waals surface area contributed by atoms with Gasteiger partial charge in [-0.3, -0.25) is 4.90 Å². The number of ether oxygens (including phenoxy) is 1. The van der Waals surface area contributed by atoms with Crippen LogP contribution in [0.4, 0.5) is 4.79 Å². The van der Waals surface area contributed by atoms with Gasteiger partial charge in [0, 0.05) is 44.8 Å². The van der Waals surface area contributed by atoms with Gasteiger partial charge in [0.15, 0.2) is 0 Å². The number of amides is 2. The first kappa shape index (κ1) is 15.4. The average molecular weight is 289 g/mol. The van der Waals surface area contributed by atoms with E-state index in [4.69, 9.17) is 4.74 Å². The standard InChI is InChI=1S/C16H23N3O2/c1-3-8-17-16(20)19-11-9-18(10-12-19)13-14-6-4-5-7-15(14)21-2/h3-7H,1,8-13H2,2H3,(H,17,20). The molecule has 1 aromatic rings. The van der Waals surface area contributed by atoms with Gasteiger partial charge in [-0.25, -0.2) is 4.79 Å². The number of piperazine rings is 1. The zero-order chi connectivity index (χ0) is 15.1. The predicted octanol–water partition coefficient (Wildman–Crippen LogP) is 1.71. The lowest BCUT2D eigenvalue weighted by atomic mass is 10.1. The van der Waals surface area contributed by atoms with E-state index in [1.54, 1.807) is 13.2 Å². The Kier molecular flexibility index (Phi) is 5.63. The molecule has 0 aliphatic carbocycles. The average Bonchev–Trinajstić information content (AvgIpc) is 2.54. The number of carbonyl (C=O) groups is 1. The fourth-order valence-electron chi connectivity index (χ4n) is 2.45. The molecule has 0 bridgehead atoms. The fourth-order valence-corrected chi connectivity index (χ4v) is 2.45. The van der Waals surface area contributed by atoms with E-state index in [1.807, 2.05) is 23.1 Å². The molecule has 1 fully saturated rings. The molecule has 0 spiro atoms. The van der Waals surface area contributed by atoms with Gasteiger partial charge in [-0.2, -0.15) is 0 Å². The van der Waals surface area contributed by atoms with E-state index in [2.05, 4.69) is 22.9 Å². The van der Waals surface area contributed by atoms with Gasteiger partial charge in [0.05, 0.1) is 7.11 Å². The third-order valence-corrected chi connectivity index (χ3v) is 3.64. The van der Waals surface area contributed by atoms with Crippen molar-refractivity contribution >= 4 is 6.03 Å². The summed E-state index contributed by atoms with van der Waals surface area (Å²) >= 11 is 0. The van der Waals surface area contributed by atoms with E-state index >= 15 is 0 Å². The van der Waals surface area contributed by atoms with Crippen LogP contribution in [0.2, 0.25) is 0 Å². The van der Waals surface area contributed by atoms with Crippen LogP contribution in [-0.2, 0) is 6.54 Å². The third-order valence-electron chi connectivity index (χ3n) is 3.64. The topological polar surface area (TPSA) is 44.8 Å². The van der Waals surface area contributed by atoms with Gasteiger partial charge in [-0.1, -0.05) is 24.3 Å². The molecule has 1 N–H and O–H groups in total. The molecule has 1 heterocycles. The SMILES string of the molecule is C=CCNC(=O)N1CCN(Cc2ccccc2OC)CC1. The van der Waals surface area contributed by atoms with E-state index in [9.17, 15) is 4.79 Å². The van der Waals surface area contributed by atoms with Crippen molar-refractivity contribution < 1.29 is 9.53 Å². The van der Waals surface area contributed by atoms with Crippen LogP contribution in [0, 0.1) is 0 Å². The monoisotopic (exact) mass is 289 g/mol. The van der Waals surface area contributed by atoms with E-state index in [-0.39, 0.29) is 6.03 Å². The van der Waals surface area contributed by atoms with Crippen LogP contribution in [0.5, 0.6) is 5.75 Å². The molecule has 1 saturated heterocycles. The number of urea groups is 1. The van der Waals surface area contributed by atoms with Crippen LogP contribution in [0.25, 0.3) is 0 Å². The summed E-state index contributed by atoms with van der Waals surface area (Å²) < 4.78 is 5.38. The molecule has 5 heteroatoms. The van der Waals surface area contributed by atoms with Gasteiger partial charge in [0.2, 0.25) is 0 Å². The summed E-state index contributed by atoms with van der Waals surface area (Å²) in [5, 5.41) is 2.82. The van der Waals surface area contributed by atoms with Crippen molar-refractivity contribution in [3.8, 4) is 5.75 Å². The molecule has 21 heavy (non-hydrogen) atoms. The fraction of sp³-hybridized carbons (Fsp3) is 0.438. The highest BCUT2D eigenvalue weighted by atomic mass is 16.5. The van der Waals surface area contributed by atoms with Crippen molar-refractivity contribution in [3.63, 3.8) is 0 Å². The van der Waals surface area contributed by atoms with Crippen molar-refractivity contribution in [1.29, 1.82) is 0 Å². The van der Waals surface area contributed by atoms with Gasteiger partial charge < -0.3 is 15.0 Å². The van der Waals surface area contributed by atoms with E-state index < -0.39 is 0 Å². The summed E-state index contributed by atoms with van der Waals surface area (Å²) in [6.07, 6.45) is 1.69. The number of nitrogens with one attached hydrogen (secondary N) is 1. The molecule has 1 aliphatic heterocycles. The van der Waals surface area contributed by atoms with E-state index in [1.165, 1.54) is 5.56 Å². The number of nitrogens with zero attached hydrogens (tertiary/aromatic N) is 2. The minimum Gasteiger partial charge on any atom is -0.496 e. The van der Waals surface area contributed by atoms with Crippen LogP contribution < -0.4 is 10.1 Å². The summed E-state index contributed by atoms with van der Waals surface area (Å²) in [5.74, 6) is 0.920. The molecule has 0 unspecified atom stereocenters. The predicted molar refractivity (Wildman–Crippen MR) is 83.4 cm³/mol. The maximum Gasteiger partial charge on any atom is 0.317 e. The summed E-state index contributed by atoms with van der Waals surface area (Å²) in [6.45, 7) is 8.21. The molecule has 1 aromatic carbocycles. The Labute approximate surface area is 126 Å². The second-order valence-electron chi connectivity index (χ2n) is 5.05. The van der Waals surface area contributed by atoms with Crippen LogP contribution in [0.1, 0.15) is 5.56 Å². The maximum atomic E-state index is 11.9. The van der Waals surface area contributed by atoms with E-state index in [0.29, 0.717) is 6.54 Å². The van der Waals surface area contributed by atoms with Gasteiger partial charge in [0.1, 0.15) is 5.75 Å². The van der Waals surface area contributed by atoms with Gasteiger partial charge in [-0.05, 0) is 6.07 Å². The molecule has 1 aliphatic rings. The number of carbonyl (C=O) groups excluding carboxylic acids is 1. The number of benzene rings is 1. The molecule has 0 aromatic heterocycles. The summed E-state index contributed by atoms with van der Waals surface area (Å²) in [5.41, 5.74) is 1.18. The van der Waals surface area contributed by atoms with Gasteiger partial charge >= 0.3 is 6.03 Å².